The van der Waals surface area contributed by atoms with E-state index >= 15 is 0 Å². The van der Waals surface area contributed by atoms with E-state index in [1.54, 1.807) is 12.1 Å². The van der Waals surface area contributed by atoms with Crippen molar-refractivity contribution in [3.63, 3.8) is 0 Å². The number of carbonyl (C=O) groups is 2. The van der Waals surface area contributed by atoms with E-state index in [-0.39, 0.29) is 18.2 Å². The fourth-order valence-corrected chi connectivity index (χ4v) is 3.63. The molecule has 2 aliphatic heterocycles. The first-order valence-electron chi connectivity index (χ1n) is 9.27. The smallest absolute Gasteiger partial charge is 0.266 e. The van der Waals surface area contributed by atoms with E-state index in [2.05, 4.69) is 29.3 Å². The zero-order valence-corrected chi connectivity index (χ0v) is 15.4. The monoisotopic (exact) mass is 365 g/mol. The summed E-state index contributed by atoms with van der Waals surface area (Å²) >= 11 is 0. The van der Waals surface area contributed by atoms with Gasteiger partial charge in [0.25, 0.3) is 5.91 Å². The minimum Gasteiger partial charge on any atom is -0.478 e. The van der Waals surface area contributed by atoms with E-state index in [4.69, 9.17) is 4.74 Å². The summed E-state index contributed by atoms with van der Waals surface area (Å²) in [5.74, 6) is 0.304. The summed E-state index contributed by atoms with van der Waals surface area (Å²) in [6, 6.07) is 15.6. The Morgan fingerprint density at radius 2 is 1.78 bits per heavy atom. The maximum atomic E-state index is 12.7. The van der Waals surface area contributed by atoms with Crippen LogP contribution in [0.1, 0.15) is 12.0 Å². The average Bonchev–Trinajstić information content (AvgIpc) is 2.69. The Balaban J connectivity index is 1.35. The molecule has 0 saturated carbocycles. The number of rotatable bonds is 3. The Labute approximate surface area is 158 Å². The third-order valence-corrected chi connectivity index (χ3v) is 5.16. The lowest BCUT2D eigenvalue weighted by atomic mass is 10.1. The highest BCUT2D eigenvalue weighted by atomic mass is 16.5. The van der Waals surface area contributed by atoms with E-state index in [1.165, 1.54) is 11.3 Å². The number of carbonyl (C=O) groups excluding carboxylic acids is 2. The maximum Gasteiger partial charge on any atom is 0.266 e. The minimum atomic E-state index is -0.776. The third-order valence-electron chi connectivity index (χ3n) is 5.16. The van der Waals surface area contributed by atoms with Crippen LogP contribution < -0.4 is 15.0 Å². The van der Waals surface area contributed by atoms with Gasteiger partial charge in [0.2, 0.25) is 5.91 Å². The fourth-order valence-electron chi connectivity index (χ4n) is 3.63. The maximum absolute atomic E-state index is 12.7. The summed E-state index contributed by atoms with van der Waals surface area (Å²) in [7, 11) is 0. The first kappa shape index (κ1) is 17.4. The lowest BCUT2D eigenvalue weighted by molar-refractivity contribution is -0.137. The molecule has 2 aliphatic rings. The van der Waals surface area contributed by atoms with Gasteiger partial charge in [-0.25, -0.2) is 0 Å². The van der Waals surface area contributed by atoms with Crippen LogP contribution in [0.4, 0.5) is 11.4 Å². The van der Waals surface area contributed by atoms with Gasteiger partial charge in [-0.15, -0.1) is 0 Å². The quantitative estimate of drug-likeness (QED) is 0.908. The van der Waals surface area contributed by atoms with Gasteiger partial charge in [-0.1, -0.05) is 30.3 Å². The van der Waals surface area contributed by atoms with Crippen molar-refractivity contribution in [1.82, 2.24) is 4.90 Å². The Hall–Kier alpha value is -3.02. The van der Waals surface area contributed by atoms with Crippen molar-refractivity contribution in [2.75, 3.05) is 36.4 Å². The minimum absolute atomic E-state index is 0.0426. The summed E-state index contributed by atoms with van der Waals surface area (Å²) in [6.07, 6.45) is -0.716. The van der Waals surface area contributed by atoms with Crippen molar-refractivity contribution in [2.45, 2.75) is 19.4 Å². The van der Waals surface area contributed by atoms with Crippen LogP contribution >= 0.6 is 0 Å². The number of ether oxygens (including phenoxy) is 1. The number of benzene rings is 2. The molecule has 0 aromatic heterocycles. The second-order valence-electron chi connectivity index (χ2n) is 6.95. The predicted octanol–water partition coefficient (Wildman–Crippen LogP) is 2.43. The van der Waals surface area contributed by atoms with Crippen molar-refractivity contribution in [1.29, 1.82) is 0 Å². The molecule has 2 aromatic rings. The topological polar surface area (TPSA) is 61.9 Å². The zero-order valence-electron chi connectivity index (χ0n) is 15.4. The first-order valence-corrected chi connectivity index (χ1v) is 9.27. The molecule has 2 amide bonds. The van der Waals surface area contributed by atoms with Crippen LogP contribution in [0, 0.1) is 6.92 Å². The third kappa shape index (κ3) is 3.60. The summed E-state index contributed by atoms with van der Waals surface area (Å²) < 4.78 is 5.74. The highest BCUT2D eigenvalue weighted by Gasteiger charge is 2.32. The van der Waals surface area contributed by atoms with Gasteiger partial charge in [0.05, 0.1) is 12.1 Å². The molecule has 0 unspecified atom stereocenters. The summed E-state index contributed by atoms with van der Waals surface area (Å²) in [5.41, 5.74) is 3.11. The molecular weight excluding hydrogens is 342 g/mol. The van der Waals surface area contributed by atoms with Gasteiger partial charge >= 0.3 is 0 Å². The second kappa shape index (κ2) is 7.31. The van der Waals surface area contributed by atoms with Crippen molar-refractivity contribution >= 4 is 23.2 Å². The molecule has 2 aromatic carbocycles. The first-order chi connectivity index (χ1) is 13.1. The standard InChI is InChI=1S/C21H23N3O3/c1-15-6-2-4-8-17(15)23-10-12-24(13-11-23)20(25)14-19-21(26)22-16-7-3-5-9-18(16)27-19/h2-9,19H,10-14H2,1H3,(H,22,26)/t19-/m1/s1. The SMILES string of the molecule is Cc1ccccc1N1CCN(C(=O)C[C@H]2Oc3ccccc3NC2=O)CC1. The van der Waals surface area contributed by atoms with Gasteiger partial charge in [0.15, 0.2) is 6.10 Å². The molecular formula is C21H23N3O3. The summed E-state index contributed by atoms with van der Waals surface area (Å²) in [6.45, 7) is 4.98. The number of piperazine rings is 1. The molecule has 0 radical (unpaired) electrons. The molecule has 0 aliphatic carbocycles. The Kier molecular flexibility index (Phi) is 4.71. The Morgan fingerprint density at radius 1 is 1.07 bits per heavy atom. The number of hydrogen-bond acceptors (Lipinski definition) is 4. The lowest BCUT2D eigenvalue weighted by Crippen LogP contribution is -2.50. The van der Waals surface area contributed by atoms with Crippen molar-refractivity contribution in [2.24, 2.45) is 0 Å². The van der Waals surface area contributed by atoms with Crippen LogP contribution in [0.15, 0.2) is 48.5 Å². The molecule has 6 nitrogen and oxygen atoms in total. The number of nitrogens with one attached hydrogen (secondary N) is 1. The van der Waals surface area contributed by atoms with Gasteiger partial charge in [-0.2, -0.15) is 0 Å². The van der Waals surface area contributed by atoms with Gasteiger partial charge in [-0.3, -0.25) is 9.59 Å². The van der Waals surface area contributed by atoms with Crippen molar-refractivity contribution in [3.05, 3.63) is 54.1 Å². The number of fused-ring (bicyclic) bond motifs is 1. The van der Waals surface area contributed by atoms with Crippen LogP contribution in [0.3, 0.4) is 0 Å². The normalized spacial score (nSPS) is 19.1. The second-order valence-corrected chi connectivity index (χ2v) is 6.95. The number of aryl methyl sites for hydroxylation is 1. The number of amides is 2. The molecule has 1 saturated heterocycles. The van der Waals surface area contributed by atoms with Crippen molar-refractivity contribution < 1.29 is 14.3 Å². The number of hydrogen-bond donors (Lipinski definition) is 1. The fraction of sp³-hybridized carbons (Fsp3) is 0.333. The molecule has 0 spiro atoms. The number of nitrogens with zero attached hydrogens (tertiary/aromatic N) is 2. The van der Waals surface area contributed by atoms with E-state index in [9.17, 15) is 9.59 Å². The average molecular weight is 365 g/mol. The van der Waals surface area contributed by atoms with Crippen LogP contribution in [0.25, 0.3) is 0 Å². The van der Waals surface area contributed by atoms with E-state index < -0.39 is 6.10 Å². The molecule has 2 heterocycles. The van der Waals surface area contributed by atoms with Crippen LogP contribution in [-0.4, -0.2) is 49.0 Å². The van der Waals surface area contributed by atoms with Gasteiger partial charge in [0, 0.05) is 31.9 Å². The largest absolute Gasteiger partial charge is 0.478 e. The number of para-hydroxylation sites is 3. The molecule has 1 atom stereocenters. The molecule has 27 heavy (non-hydrogen) atoms. The number of anilines is 2. The van der Waals surface area contributed by atoms with Gasteiger partial charge in [0.1, 0.15) is 5.75 Å². The molecule has 0 bridgehead atoms. The Bertz CT molecular complexity index is 859. The van der Waals surface area contributed by atoms with Crippen LogP contribution in [0.2, 0.25) is 0 Å². The molecule has 6 heteroatoms. The highest BCUT2D eigenvalue weighted by molar-refractivity contribution is 5.99. The van der Waals surface area contributed by atoms with Crippen molar-refractivity contribution in [3.8, 4) is 5.75 Å². The van der Waals surface area contributed by atoms with Gasteiger partial charge < -0.3 is 19.9 Å². The van der Waals surface area contributed by atoms with Crippen LogP contribution in [0.5, 0.6) is 5.75 Å². The van der Waals surface area contributed by atoms with Crippen LogP contribution in [-0.2, 0) is 9.59 Å². The Morgan fingerprint density at radius 3 is 2.56 bits per heavy atom. The van der Waals surface area contributed by atoms with Gasteiger partial charge in [-0.05, 0) is 30.7 Å². The highest BCUT2D eigenvalue weighted by Crippen LogP contribution is 2.30. The predicted molar refractivity (Wildman–Crippen MR) is 104 cm³/mol. The lowest BCUT2D eigenvalue weighted by Gasteiger charge is -2.37. The molecule has 4 rings (SSSR count). The summed E-state index contributed by atoms with van der Waals surface area (Å²) in [5, 5.41) is 2.81. The molecule has 140 valence electrons. The van der Waals surface area contributed by atoms with E-state index in [0.29, 0.717) is 24.5 Å². The molecule has 1 fully saturated rings. The zero-order chi connectivity index (χ0) is 18.8. The van der Waals surface area contributed by atoms with E-state index in [0.717, 1.165) is 13.1 Å². The summed E-state index contributed by atoms with van der Waals surface area (Å²) in [4.78, 5) is 29.0. The van der Waals surface area contributed by atoms with E-state index in [1.807, 2.05) is 29.2 Å². The molecule has 1 N–H and O–H groups in total.